The van der Waals surface area contributed by atoms with Crippen molar-refractivity contribution in [3.63, 3.8) is 0 Å². The van der Waals surface area contributed by atoms with Crippen LogP contribution in [0.3, 0.4) is 0 Å². The predicted octanol–water partition coefficient (Wildman–Crippen LogP) is 2.29. The van der Waals surface area contributed by atoms with Crippen LogP contribution >= 0.6 is 0 Å². The molecule has 1 fully saturated rings. The lowest BCUT2D eigenvalue weighted by atomic mass is 9.90. The van der Waals surface area contributed by atoms with Crippen LogP contribution in [0, 0.1) is 5.92 Å². The fourth-order valence-corrected chi connectivity index (χ4v) is 3.06. The summed E-state index contributed by atoms with van der Waals surface area (Å²) in [6, 6.07) is 14.3. The molecule has 3 N–H and O–H groups in total. The van der Waals surface area contributed by atoms with E-state index in [0.717, 1.165) is 12.0 Å². The maximum atomic E-state index is 10.6. The highest BCUT2D eigenvalue weighted by Gasteiger charge is 2.45. The van der Waals surface area contributed by atoms with E-state index in [1.54, 1.807) is 12.4 Å². The Balaban J connectivity index is 1.72. The first-order chi connectivity index (χ1) is 9.81. The van der Waals surface area contributed by atoms with Gasteiger partial charge in [0, 0.05) is 24.9 Å². The first-order valence-corrected chi connectivity index (χ1v) is 7.14. The SMILES string of the molecule is NCC(c1ccncc1)C(O)C1CC1c1ccccc1. The minimum atomic E-state index is -0.382. The summed E-state index contributed by atoms with van der Waals surface area (Å²) in [5, 5.41) is 10.6. The van der Waals surface area contributed by atoms with Crippen LogP contribution in [0.25, 0.3) is 0 Å². The van der Waals surface area contributed by atoms with Gasteiger partial charge >= 0.3 is 0 Å². The molecule has 1 aromatic carbocycles. The highest BCUT2D eigenvalue weighted by Crippen LogP contribution is 2.51. The Hall–Kier alpha value is -1.71. The first kappa shape index (κ1) is 13.3. The molecule has 1 heterocycles. The fraction of sp³-hybridized carbons (Fsp3) is 0.353. The van der Waals surface area contributed by atoms with Crippen molar-refractivity contribution in [2.45, 2.75) is 24.4 Å². The summed E-state index contributed by atoms with van der Waals surface area (Å²) < 4.78 is 0. The van der Waals surface area contributed by atoms with E-state index in [9.17, 15) is 5.11 Å². The Morgan fingerprint density at radius 1 is 1.15 bits per heavy atom. The van der Waals surface area contributed by atoms with Crippen LogP contribution in [0.5, 0.6) is 0 Å². The second-order valence-corrected chi connectivity index (χ2v) is 5.53. The van der Waals surface area contributed by atoms with Gasteiger partial charge < -0.3 is 10.8 Å². The van der Waals surface area contributed by atoms with Gasteiger partial charge in [-0.1, -0.05) is 30.3 Å². The minimum absolute atomic E-state index is 0.00304. The number of hydrogen-bond acceptors (Lipinski definition) is 3. The number of pyridine rings is 1. The number of nitrogens with two attached hydrogens (primary N) is 1. The quantitative estimate of drug-likeness (QED) is 0.874. The van der Waals surface area contributed by atoms with Crippen molar-refractivity contribution in [1.29, 1.82) is 0 Å². The van der Waals surface area contributed by atoms with Crippen LogP contribution in [0.2, 0.25) is 0 Å². The van der Waals surface area contributed by atoms with Crippen LogP contribution in [-0.2, 0) is 0 Å². The lowest BCUT2D eigenvalue weighted by Crippen LogP contribution is -2.28. The zero-order valence-electron chi connectivity index (χ0n) is 11.4. The highest BCUT2D eigenvalue weighted by molar-refractivity contribution is 5.28. The largest absolute Gasteiger partial charge is 0.392 e. The van der Waals surface area contributed by atoms with Crippen molar-refractivity contribution in [3.8, 4) is 0 Å². The Morgan fingerprint density at radius 3 is 2.50 bits per heavy atom. The smallest absolute Gasteiger partial charge is 0.0655 e. The molecule has 2 aromatic rings. The molecule has 20 heavy (non-hydrogen) atoms. The molecular weight excluding hydrogens is 248 g/mol. The normalized spacial score (nSPS) is 24.1. The average Bonchev–Trinajstić information content (AvgIpc) is 3.30. The number of aliphatic hydroxyl groups is 1. The van der Waals surface area contributed by atoms with E-state index >= 15 is 0 Å². The van der Waals surface area contributed by atoms with Gasteiger partial charge in [0.1, 0.15) is 0 Å². The molecule has 0 amide bonds. The molecule has 3 rings (SSSR count). The number of aliphatic hydroxyl groups excluding tert-OH is 1. The number of rotatable bonds is 5. The monoisotopic (exact) mass is 268 g/mol. The van der Waals surface area contributed by atoms with Crippen LogP contribution in [0.4, 0.5) is 0 Å². The third kappa shape index (κ3) is 2.60. The zero-order valence-corrected chi connectivity index (χ0v) is 11.4. The van der Waals surface area contributed by atoms with Gasteiger partial charge in [-0.15, -0.1) is 0 Å². The van der Waals surface area contributed by atoms with E-state index < -0.39 is 0 Å². The van der Waals surface area contributed by atoms with Crippen LogP contribution < -0.4 is 5.73 Å². The molecule has 104 valence electrons. The number of nitrogens with zero attached hydrogens (tertiary/aromatic N) is 1. The summed E-state index contributed by atoms with van der Waals surface area (Å²) in [5.74, 6) is 0.790. The Morgan fingerprint density at radius 2 is 1.85 bits per heavy atom. The molecule has 0 aliphatic heterocycles. The van der Waals surface area contributed by atoms with Crippen LogP contribution in [0.15, 0.2) is 54.9 Å². The number of hydrogen-bond donors (Lipinski definition) is 2. The van der Waals surface area contributed by atoms with Gasteiger partial charge in [-0.3, -0.25) is 4.98 Å². The van der Waals surface area contributed by atoms with E-state index in [1.165, 1.54) is 5.56 Å². The van der Waals surface area contributed by atoms with Crippen molar-refractivity contribution in [3.05, 3.63) is 66.0 Å². The van der Waals surface area contributed by atoms with Gasteiger partial charge in [0.2, 0.25) is 0 Å². The third-order valence-corrected chi connectivity index (χ3v) is 4.31. The average molecular weight is 268 g/mol. The summed E-state index contributed by atoms with van der Waals surface area (Å²) >= 11 is 0. The Bertz CT molecular complexity index is 543. The Labute approximate surface area is 119 Å². The fourth-order valence-electron chi connectivity index (χ4n) is 3.06. The van der Waals surface area contributed by atoms with Crippen molar-refractivity contribution in [1.82, 2.24) is 4.98 Å². The van der Waals surface area contributed by atoms with Crippen LogP contribution in [-0.4, -0.2) is 22.7 Å². The molecule has 4 unspecified atom stereocenters. The second-order valence-electron chi connectivity index (χ2n) is 5.53. The minimum Gasteiger partial charge on any atom is -0.392 e. The maximum Gasteiger partial charge on any atom is 0.0655 e. The zero-order chi connectivity index (χ0) is 13.9. The van der Waals surface area contributed by atoms with E-state index in [1.807, 2.05) is 18.2 Å². The first-order valence-electron chi connectivity index (χ1n) is 7.14. The summed E-state index contributed by atoms with van der Waals surface area (Å²) in [4.78, 5) is 4.02. The van der Waals surface area contributed by atoms with Crippen molar-refractivity contribution in [2.24, 2.45) is 11.7 Å². The van der Waals surface area contributed by atoms with Crippen LogP contribution in [0.1, 0.15) is 29.4 Å². The lowest BCUT2D eigenvalue weighted by molar-refractivity contribution is 0.120. The molecule has 0 spiro atoms. The van der Waals surface area contributed by atoms with E-state index in [4.69, 9.17) is 5.73 Å². The molecule has 1 aromatic heterocycles. The van der Waals surface area contributed by atoms with Gasteiger partial charge in [-0.05, 0) is 41.5 Å². The van der Waals surface area contributed by atoms with Crippen molar-refractivity contribution >= 4 is 0 Å². The van der Waals surface area contributed by atoms with Gasteiger partial charge in [0.05, 0.1) is 6.10 Å². The molecule has 0 saturated heterocycles. The molecule has 1 aliphatic rings. The second kappa shape index (κ2) is 5.73. The molecule has 4 atom stereocenters. The number of aromatic nitrogens is 1. The predicted molar refractivity (Wildman–Crippen MR) is 79.3 cm³/mol. The van der Waals surface area contributed by atoms with Crippen molar-refractivity contribution in [2.75, 3.05) is 6.54 Å². The topological polar surface area (TPSA) is 59.1 Å². The molecule has 3 nitrogen and oxygen atoms in total. The highest BCUT2D eigenvalue weighted by atomic mass is 16.3. The van der Waals surface area contributed by atoms with E-state index in [-0.39, 0.29) is 12.0 Å². The molecule has 1 aliphatic carbocycles. The Kier molecular flexibility index (Phi) is 3.81. The molecule has 0 bridgehead atoms. The maximum absolute atomic E-state index is 10.6. The summed E-state index contributed by atoms with van der Waals surface area (Å²) in [6.45, 7) is 0.461. The van der Waals surface area contributed by atoms with Gasteiger partial charge in [0.25, 0.3) is 0 Å². The van der Waals surface area contributed by atoms with Gasteiger partial charge in [-0.25, -0.2) is 0 Å². The molecule has 3 heteroatoms. The third-order valence-electron chi connectivity index (χ3n) is 4.31. The van der Waals surface area contributed by atoms with Crippen molar-refractivity contribution < 1.29 is 5.11 Å². The summed E-state index contributed by atoms with van der Waals surface area (Å²) in [6.07, 6.45) is 4.18. The molecule has 0 radical (unpaired) electrons. The van der Waals surface area contributed by atoms with E-state index in [0.29, 0.717) is 18.4 Å². The molecule has 1 saturated carbocycles. The summed E-state index contributed by atoms with van der Waals surface area (Å²) in [7, 11) is 0. The number of benzene rings is 1. The van der Waals surface area contributed by atoms with Gasteiger partial charge in [0.15, 0.2) is 0 Å². The molecular formula is C17H20N2O. The standard InChI is InChI=1S/C17H20N2O/c18-11-16(13-6-8-19-9-7-13)17(20)15-10-14(15)12-4-2-1-3-5-12/h1-9,14-17,20H,10-11,18H2. The lowest BCUT2D eigenvalue weighted by Gasteiger charge is -2.22. The van der Waals surface area contributed by atoms with E-state index in [2.05, 4.69) is 29.2 Å². The van der Waals surface area contributed by atoms with Gasteiger partial charge in [-0.2, -0.15) is 0 Å². The summed E-state index contributed by atoms with van der Waals surface area (Å²) in [5.41, 5.74) is 8.27.